The third-order valence-corrected chi connectivity index (χ3v) is 6.44. The molecule has 0 unspecified atom stereocenters. The van der Waals surface area contributed by atoms with E-state index in [2.05, 4.69) is 39.3 Å². The van der Waals surface area contributed by atoms with Crippen LogP contribution in [0.5, 0.6) is 5.75 Å². The fraction of sp³-hybridized carbons (Fsp3) is 0.385. The first-order valence-corrected chi connectivity index (χ1v) is 12.0. The molecule has 3 heterocycles. The first kappa shape index (κ1) is 23.3. The second-order valence-corrected chi connectivity index (χ2v) is 9.20. The molecule has 1 saturated heterocycles. The van der Waals surface area contributed by atoms with Crippen LogP contribution in [0, 0.1) is 18.6 Å². The van der Waals surface area contributed by atoms with Crippen molar-refractivity contribution in [2.24, 2.45) is 0 Å². The van der Waals surface area contributed by atoms with Gasteiger partial charge in [-0.1, -0.05) is 0 Å². The van der Waals surface area contributed by atoms with Crippen LogP contribution >= 0.6 is 0 Å². The summed E-state index contributed by atoms with van der Waals surface area (Å²) in [5.74, 6) is -0.121. The highest BCUT2D eigenvalue weighted by Gasteiger charge is 2.25. The number of nitrogens with zero attached hydrogens (tertiary/aromatic N) is 4. The number of benzene rings is 2. The Balaban J connectivity index is 1.43. The van der Waals surface area contributed by atoms with Gasteiger partial charge in [0.05, 0.1) is 23.6 Å². The highest BCUT2D eigenvalue weighted by molar-refractivity contribution is 5.74. The zero-order chi connectivity index (χ0) is 24.5. The molecule has 2 aliphatic heterocycles. The van der Waals surface area contributed by atoms with Gasteiger partial charge in [-0.3, -0.25) is 0 Å². The summed E-state index contributed by atoms with van der Waals surface area (Å²) in [5, 5.41) is 6.37. The Bertz CT molecular complexity index is 1230. The number of hydrogen-bond acceptors (Lipinski definition) is 7. The lowest BCUT2D eigenvalue weighted by Gasteiger charge is -2.34. The van der Waals surface area contributed by atoms with E-state index >= 15 is 4.39 Å². The Hall–Kier alpha value is -3.46. The molecule has 2 N–H and O–H groups in total. The molecule has 2 aromatic carbocycles. The van der Waals surface area contributed by atoms with Crippen molar-refractivity contribution in [3.63, 3.8) is 0 Å². The Morgan fingerprint density at radius 2 is 1.83 bits per heavy atom. The number of aryl methyl sites for hydroxylation is 1. The molecule has 1 fully saturated rings. The summed E-state index contributed by atoms with van der Waals surface area (Å²) in [7, 11) is 0. The van der Waals surface area contributed by atoms with E-state index in [1.54, 1.807) is 12.3 Å². The van der Waals surface area contributed by atoms with Gasteiger partial charge in [-0.2, -0.15) is 0 Å². The average Bonchev–Trinajstić information content (AvgIpc) is 2.85. The van der Waals surface area contributed by atoms with Crippen molar-refractivity contribution in [2.45, 2.75) is 26.8 Å². The number of piperazine rings is 1. The van der Waals surface area contributed by atoms with Crippen LogP contribution < -0.4 is 25.2 Å². The van der Waals surface area contributed by atoms with Crippen molar-refractivity contribution in [3.05, 3.63) is 53.7 Å². The molecule has 2 aliphatic rings. The van der Waals surface area contributed by atoms with Crippen LogP contribution in [0.2, 0.25) is 0 Å². The number of aromatic nitrogens is 2. The first-order valence-electron chi connectivity index (χ1n) is 12.0. The lowest BCUT2D eigenvalue weighted by molar-refractivity contribution is 0.287. The molecule has 0 atom stereocenters. The monoisotopic (exact) mass is 480 g/mol. The highest BCUT2D eigenvalue weighted by Crippen LogP contribution is 2.39. The van der Waals surface area contributed by atoms with E-state index in [1.807, 2.05) is 24.0 Å². The van der Waals surface area contributed by atoms with E-state index in [0.29, 0.717) is 41.7 Å². The van der Waals surface area contributed by atoms with Crippen molar-refractivity contribution < 1.29 is 13.5 Å². The number of halogens is 2. The number of hydrogen-bond donors (Lipinski definition) is 2. The van der Waals surface area contributed by atoms with Crippen LogP contribution in [-0.2, 0) is 0 Å². The van der Waals surface area contributed by atoms with Crippen LogP contribution in [0.15, 0.2) is 36.5 Å². The third kappa shape index (κ3) is 4.73. The third-order valence-electron chi connectivity index (χ3n) is 6.44. The van der Waals surface area contributed by atoms with Gasteiger partial charge in [-0.25, -0.2) is 18.7 Å². The van der Waals surface area contributed by atoms with Crippen LogP contribution in [-0.4, -0.2) is 55.3 Å². The van der Waals surface area contributed by atoms with Gasteiger partial charge < -0.3 is 25.2 Å². The van der Waals surface area contributed by atoms with E-state index in [1.165, 1.54) is 12.1 Å². The molecule has 0 bridgehead atoms. The largest absolute Gasteiger partial charge is 0.486 e. The van der Waals surface area contributed by atoms with Gasteiger partial charge >= 0.3 is 0 Å². The van der Waals surface area contributed by atoms with Crippen molar-refractivity contribution in [1.29, 1.82) is 0 Å². The lowest BCUT2D eigenvalue weighted by Crippen LogP contribution is -2.43. The molecule has 0 saturated carbocycles. The van der Waals surface area contributed by atoms with E-state index in [9.17, 15) is 4.39 Å². The van der Waals surface area contributed by atoms with Gasteiger partial charge in [0, 0.05) is 49.7 Å². The van der Waals surface area contributed by atoms with E-state index in [4.69, 9.17) is 4.74 Å². The molecule has 9 heteroatoms. The summed E-state index contributed by atoms with van der Waals surface area (Å²) in [6.45, 7) is 10.4. The van der Waals surface area contributed by atoms with Crippen LogP contribution in [0.3, 0.4) is 0 Å². The Labute approximate surface area is 204 Å². The summed E-state index contributed by atoms with van der Waals surface area (Å²) in [6, 6.07) is 8.62. The number of fused-ring (bicyclic) bond motifs is 1. The maximum Gasteiger partial charge on any atom is 0.227 e. The Morgan fingerprint density at radius 3 is 2.57 bits per heavy atom. The normalized spacial score (nSPS) is 15.7. The molecule has 7 nitrogen and oxygen atoms in total. The van der Waals surface area contributed by atoms with Gasteiger partial charge in [0.15, 0.2) is 11.6 Å². The van der Waals surface area contributed by atoms with Crippen molar-refractivity contribution >= 4 is 23.0 Å². The topological polar surface area (TPSA) is 65.6 Å². The molecule has 1 aromatic heterocycles. The van der Waals surface area contributed by atoms with Crippen LogP contribution in [0.25, 0.3) is 11.3 Å². The second-order valence-electron chi connectivity index (χ2n) is 9.20. The standard InChI is InChI=1S/C26H30F2N6O/c1-16(2)34-10-11-35-25-21(28)12-18(13-23(25)34)24-17(3)15-30-26(32-24)31-19-4-5-22(20(27)14-19)33-8-6-29-7-9-33/h4-5,12-16,29H,6-11H2,1-3H3,(H,30,31,32). The second kappa shape index (κ2) is 9.65. The van der Waals surface area contributed by atoms with Crippen molar-refractivity contribution in [3.8, 4) is 17.0 Å². The van der Waals surface area contributed by atoms with Gasteiger partial charge in [-0.05, 0) is 56.7 Å². The Kier molecular flexibility index (Phi) is 6.42. The zero-order valence-corrected chi connectivity index (χ0v) is 20.2. The Morgan fingerprint density at radius 1 is 1.03 bits per heavy atom. The number of ether oxygens (including phenoxy) is 1. The SMILES string of the molecule is Cc1cnc(Nc2ccc(N3CCNCC3)c(F)c2)nc1-c1cc(F)c2c(c1)N(C(C)C)CCO2. The average molecular weight is 481 g/mol. The quantitative estimate of drug-likeness (QED) is 0.558. The van der Waals surface area contributed by atoms with Gasteiger partial charge in [0.1, 0.15) is 12.4 Å². The summed E-state index contributed by atoms with van der Waals surface area (Å²) in [6.07, 6.45) is 1.68. The molecular weight excluding hydrogens is 450 g/mol. The molecule has 0 amide bonds. The zero-order valence-electron chi connectivity index (χ0n) is 20.2. The molecule has 0 radical (unpaired) electrons. The predicted octanol–water partition coefficient (Wildman–Crippen LogP) is 4.49. The minimum Gasteiger partial charge on any atom is -0.486 e. The minimum atomic E-state index is -0.416. The molecule has 5 rings (SSSR count). The molecular formula is C26H30F2N6O. The predicted molar refractivity (Wildman–Crippen MR) is 135 cm³/mol. The van der Waals surface area contributed by atoms with Gasteiger partial charge in [-0.15, -0.1) is 0 Å². The maximum atomic E-state index is 15.0. The van der Waals surface area contributed by atoms with E-state index < -0.39 is 5.82 Å². The van der Waals surface area contributed by atoms with Crippen molar-refractivity contribution in [2.75, 3.05) is 54.4 Å². The van der Waals surface area contributed by atoms with Gasteiger partial charge in [0.2, 0.25) is 5.95 Å². The molecule has 3 aromatic rings. The lowest BCUT2D eigenvalue weighted by atomic mass is 10.0. The molecule has 0 aliphatic carbocycles. The maximum absolute atomic E-state index is 15.0. The number of rotatable bonds is 5. The van der Waals surface area contributed by atoms with Gasteiger partial charge in [0.25, 0.3) is 0 Å². The highest BCUT2D eigenvalue weighted by atomic mass is 19.1. The van der Waals surface area contributed by atoms with Crippen LogP contribution in [0.1, 0.15) is 19.4 Å². The fourth-order valence-electron chi connectivity index (χ4n) is 4.65. The van der Waals surface area contributed by atoms with E-state index in [-0.39, 0.29) is 17.6 Å². The minimum absolute atomic E-state index is 0.204. The molecule has 184 valence electrons. The number of nitrogens with one attached hydrogen (secondary N) is 2. The summed E-state index contributed by atoms with van der Waals surface area (Å²) < 4.78 is 35.5. The smallest absolute Gasteiger partial charge is 0.227 e. The summed E-state index contributed by atoms with van der Waals surface area (Å²) in [4.78, 5) is 13.2. The first-order chi connectivity index (χ1) is 16.9. The summed E-state index contributed by atoms with van der Waals surface area (Å²) in [5.41, 5.74) is 3.91. The van der Waals surface area contributed by atoms with Crippen molar-refractivity contribution in [1.82, 2.24) is 15.3 Å². The molecule has 35 heavy (non-hydrogen) atoms. The van der Waals surface area contributed by atoms with Crippen LogP contribution in [0.4, 0.5) is 31.8 Å². The molecule has 0 spiro atoms. The number of anilines is 4. The fourth-order valence-corrected chi connectivity index (χ4v) is 4.65. The summed E-state index contributed by atoms with van der Waals surface area (Å²) >= 11 is 0. The van der Waals surface area contributed by atoms with E-state index in [0.717, 1.165) is 37.4 Å².